The number of nitrogens with zero attached hydrogens (tertiary/aromatic N) is 1. The maximum absolute atomic E-state index is 14.0. The van der Waals surface area contributed by atoms with Crippen molar-refractivity contribution in [2.75, 3.05) is 19.6 Å². The monoisotopic (exact) mass is 271 g/mol. The molecule has 0 aromatic heterocycles. The molecule has 0 radical (unpaired) electrons. The number of piperidine rings is 1. The fraction of sp³-hybridized carbons (Fsp3) is 0.571. The molecule has 0 atom stereocenters. The molecule has 1 N–H and O–H groups in total. The van der Waals surface area contributed by atoms with Gasteiger partial charge < -0.3 is 10.0 Å². The summed E-state index contributed by atoms with van der Waals surface area (Å²) in [5.41, 5.74) is -0.731. The van der Waals surface area contributed by atoms with Crippen molar-refractivity contribution in [1.29, 1.82) is 0 Å². The van der Waals surface area contributed by atoms with Crippen molar-refractivity contribution < 1.29 is 9.50 Å². The minimum absolute atomic E-state index is 0.0805. The van der Waals surface area contributed by atoms with Crippen molar-refractivity contribution in [3.8, 4) is 0 Å². The molecule has 2 nitrogen and oxygen atoms in total. The summed E-state index contributed by atoms with van der Waals surface area (Å²) in [5, 5.41) is 10.7. The van der Waals surface area contributed by atoms with Crippen LogP contribution in [0.25, 0.3) is 0 Å². The Labute approximate surface area is 112 Å². The molecule has 1 fully saturated rings. The van der Waals surface area contributed by atoms with E-state index >= 15 is 0 Å². The lowest BCUT2D eigenvalue weighted by molar-refractivity contribution is -0.0283. The highest BCUT2D eigenvalue weighted by molar-refractivity contribution is 6.30. The summed E-state index contributed by atoms with van der Waals surface area (Å²) in [7, 11) is 0. The van der Waals surface area contributed by atoms with Gasteiger partial charge in [-0.05, 0) is 31.9 Å². The SMILES string of the molecule is CCCN1CCC(O)(c2cccc(Cl)c2F)CC1. The van der Waals surface area contributed by atoms with Gasteiger partial charge in [-0.2, -0.15) is 0 Å². The molecule has 0 unspecified atom stereocenters. The molecule has 100 valence electrons. The van der Waals surface area contributed by atoms with Gasteiger partial charge in [-0.3, -0.25) is 0 Å². The molecule has 0 aliphatic carbocycles. The second-order valence-corrected chi connectivity index (χ2v) is 5.38. The smallest absolute Gasteiger partial charge is 0.147 e. The zero-order valence-electron chi connectivity index (χ0n) is 10.6. The van der Waals surface area contributed by atoms with E-state index in [1.54, 1.807) is 12.1 Å². The third-order valence-corrected chi connectivity index (χ3v) is 3.97. The number of benzene rings is 1. The predicted molar refractivity (Wildman–Crippen MR) is 71.3 cm³/mol. The maximum Gasteiger partial charge on any atom is 0.147 e. The van der Waals surface area contributed by atoms with Crippen molar-refractivity contribution in [2.45, 2.75) is 31.8 Å². The molecule has 1 aliphatic heterocycles. The molecular weight excluding hydrogens is 253 g/mol. The number of rotatable bonds is 3. The van der Waals surface area contributed by atoms with Crippen LogP contribution in [0.15, 0.2) is 18.2 Å². The van der Waals surface area contributed by atoms with Crippen molar-refractivity contribution in [1.82, 2.24) is 4.90 Å². The first-order valence-corrected chi connectivity index (χ1v) is 6.84. The summed E-state index contributed by atoms with van der Waals surface area (Å²) < 4.78 is 14.0. The zero-order valence-corrected chi connectivity index (χ0v) is 11.4. The fourth-order valence-electron chi connectivity index (χ4n) is 2.60. The van der Waals surface area contributed by atoms with Crippen molar-refractivity contribution in [3.63, 3.8) is 0 Å². The summed E-state index contributed by atoms with van der Waals surface area (Å²) in [6.45, 7) is 4.78. The number of hydrogen-bond acceptors (Lipinski definition) is 2. The van der Waals surface area contributed by atoms with Crippen LogP contribution in [-0.4, -0.2) is 29.6 Å². The highest BCUT2D eigenvalue weighted by atomic mass is 35.5. The molecule has 1 aromatic rings. The summed E-state index contributed by atoms with van der Waals surface area (Å²) >= 11 is 5.78. The van der Waals surface area contributed by atoms with Gasteiger partial charge in [0.15, 0.2) is 0 Å². The van der Waals surface area contributed by atoms with E-state index in [4.69, 9.17) is 11.6 Å². The minimum Gasteiger partial charge on any atom is -0.385 e. The second-order valence-electron chi connectivity index (χ2n) is 4.97. The Bertz CT molecular complexity index is 416. The van der Waals surface area contributed by atoms with Crippen LogP contribution in [0.3, 0.4) is 0 Å². The summed E-state index contributed by atoms with van der Waals surface area (Å²) in [6, 6.07) is 4.84. The number of hydrogen-bond donors (Lipinski definition) is 1. The fourth-order valence-corrected chi connectivity index (χ4v) is 2.77. The molecule has 2 rings (SSSR count). The molecule has 18 heavy (non-hydrogen) atoms. The minimum atomic E-state index is -1.07. The molecule has 1 heterocycles. The van der Waals surface area contributed by atoms with E-state index in [0.717, 1.165) is 26.1 Å². The zero-order chi connectivity index (χ0) is 13.2. The van der Waals surface area contributed by atoms with E-state index in [1.165, 1.54) is 6.07 Å². The normalized spacial score (nSPS) is 20.0. The Morgan fingerprint density at radius 1 is 1.39 bits per heavy atom. The molecule has 0 bridgehead atoms. The lowest BCUT2D eigenvalue weighted by atomic mass is 9.84. The van der Waals surface area contributed by atoms with E-state index in [9.17, 15) is 9.50 Å². The standard InChI is InChI=1S/C14H19ClFNO/c1-2-8-17-9-6-14(18,7-10-17)11-4-3-5-12(15)13(11)16/h3-5,18H,2,6-10H2,1H3. The number of aliphatic hydroxyl groups is 1. The first-order valence-electron chi connectivity index (χ1n) is 6.46. The van der Waals surface area contributed by atoms with Crippen LogP contribution in [0, 0.1) is 5.82 Å². The van der Waals surface area contributed by atoms with Gasteiger partial charge in [0.1, 0.15) is 5.82 Å². The number of halogens is 2. The lowest BCUT2D eigenvalue weighted by Gasteiger charge is -2.38. The van der Waals surface area contributed by atoms with Crippen LogP contribution >= 0.6 is 11.6 Å². The molecule has 1 aromatic carbocycles. The van der Waals surface area contributed by atoms with Crippen molar-refractivity contribution in [2.24, 2.45) is 0 Å². The van der Waals surface area contributed by atoms with Gasteiger partial charge in [0.25, 0.3) is 0 Å². The van der Waals surface area contributed by atoms with E-state index in [2.05, 4.69) is 11.8 Å². The molecule has 1 saturated heterocycles. The Morgan fingerprint density at radius 2 is 2.06 bits per heavy atom. The second kappa shape index (κ2) is 5.55. The van der Waals surface area contributed by atoms with Crippen LogP contribution < -0.4 is 0 Å². The van der Waals surface area contributed by atoms with Gasteiger partial charge in [0.2, 0.25) is 0 Å². The van der Waals surface area contributed by atoms with E-state index in [0.29, 0.717) is 18.4 Å². The van der Waals surface area contributed by atoms with Gasteiger partial charge in [-0.25, -0.2) is 4.39 Å². The molecule has 4 heteroatoms. The third-order valence-electron chi connectivity index (χ3n) is 3.68. The summed E-state index contributed by atoms with van der Waals surface area (Å²) in [4.78, 5) is 2.30. The highest BCUT2D eigenvalue weighted by Gasteiger charge is 2.36. The summed E-state index contributed by atoms with van der Waals surface area (Å²) in [6.07, 6.45) is 2.22. The van der Waals surface area contributed by atoms with Gasteiger partial charge >= 0.3 is 0 Å². The van der Waals surface area contributed by atoms with Crippen LogP contribution in [0.1, 0.15) is 31.7 Å². The molecule has 0 spiro atoms. The van der Waals surface area contributed by atoms with Crippen molar-refractivity contribution >= 4 is 11.6 Å². The topological polar surface area (TPSA) is 23.5 Å². The van der Waals surface area contributed by atoms with Crippen LogP contribution in [0.4, 0.5) is 4.39 Å². The van der Waals surface area contributed by atoms with E-state index < -0.39 is 11.4 Å². The first kappa shape index (κ1) is 13.8. The van der Waals surface area contributed by atoms with Gasteiger partial charge in [0.05, 0.1) is 10.6 Å². The van der Waals surface area contributed by atoms with Crippen molar-refractivity contribution in [3.05, 3.63) is 34.6 Å². The molecule has 0 saturated carbocycles. The van der Waals surface area contributed by atoms with E-state index in [-0.39, 0.29) is 5.02 Å². The van der Waals surface area contributed by atoms with Crippen LogP contribution in [0.2, 0.25) is 5.02 Å². The highest BCUT2D eigenvalue weighted by Crippen LogP contribution is 2.36. The van der Waals surface area contributed by atoms with Gasteiger partial charge in [-0.1, -0.05) is 30.7 Å². The molecular formula is C14H19ClFNO. The Hall–Kier alpha value is -0.640. The Kier molecular flexibility index (Phi) is 4.25. The first-order chi connectivity index (χ1) is 8.57. The number of likely N-dealkylation sites (tertiary alicyclic amines) is 1. The van der Waals surface area contributed by atoms with Crippen LogP contribution in [-0.2, 0) is 5.60 Å². The lowest BCUT2D eigenvalue weighted by Crippen LogP contribution is -2.43. The van der Waals surface area contributed by atoms with E-state index in [1.807, 2.05) is 0 Å². The van der Waals surface area contributed by atoms with Gasteiger partial charge in [-0.15, -0.1) is 0 Å². The molecule has 1 aliphatic rings. The summed E-state index contributed by atoms with van der Waals surface area (Å²) in [5.74, 6) is -0.481. The van der Waals surface area contributed by atoms with Gasteiger partial charge in [0, 0.05) is 18.7 Å². The maximum atomic E-state index is 14.0. The average molecular weight is 272 g/mol. The predicted octanol–water partition coefficient (Wildman–Crippen LogP) is 3.17. The van der Waals surface area contributed by atoms with Crippen LogP contribution in [0.5, 0.6) is 0 Å². The largest absolute Gasteiger partial charge is 0.385 e. The Morgan fingerprint density at radius 3 is 2.67 bits per heavy atom. The molecule has 0 amide bonds. The Balaban J connectivity index is 2.16. The average Bonchev–Trinajstić information content (AvgIpc) is 2.36. The third kappa shape index (κ3) is 2.68. The quantitative estimate of drug-likeness (QED) is 0.913.